The van der Waals surface area contributed by atoms with Gasteiger partial charge in [0, 0.05) is 7.11 Å². The zero-order valence-electron chi connectivity index (χ0n) is 8.90. The third kappa shape index (κ3) is 1.71. The second kappa shape index (κ2) is 3.21. The van der Waals surface area contributed by atoms with E-state index in [1.54, 1.807) is 5.57 Å². The standard InChI is InChI=1S/C11H20O/c1-8-6-10(12-5)7-11(3,4)9(8)2/h10H,6-7H2,1-5H3. The molecule has 0 aromatic heterocycles. The topological polar surface area (TPSA) is 9.23 Å². The molecule has 1 aliphatic carbocycles. The zero-order chi connectivity index (χ0) is 9.35. The Labute approximate surface area is 75.8 Å². The first-order valence-corrected chi connectivity index (χ1v) is 4.67. The van der Waals surface area contributed by atoms with Gasteiger partial charge in [0.25, 0.3) is 0 Å². The van der Waals surface area contributed by atoms with Gasteiger partial charge in [-0.15, -0.1) is 0 Å². The maximum atomic E-state index is 5.41. The Kier molecular flexibility index (Phi) is 2.62. The molecule has 1 heteroatoms. The highest BCUT2D eigenvalue weighted by molar-refractivity contribution is 5.21. The van der Waals surface area contributed by atoms with Crippen molar-refractivity contribution in [2.75, 3.05) is 7.11 Å². The fourth-order valence-corrected chi connectivity index (χ4v) is 2.03. The lowest BCUT2D eigenvalue weighted by atomic mass is 9.72. The lowest BCUT2D eigenvalue weighted by Gasteiger charge is -2.36. The molecule has 0 radical (unpaired) electrons. The number of ether oxygens (including phenoxy) is 1. The van der Waals surface area contributed by atoms with Gasteiger partial charge < -0.3 is 4.74 Å². The Morgan fingerprint density at radius 3 is 2.33 bits per heavy atom. The van der Waals surface area contributed by atoms with Crippen LogP contribution in [0.3, 0.4) is 0 Å². The van der Waals surface area contributed by atoms with Crippen molar-refractivity contribution in [3.8, 4) is 0 Å². The van der Waals surface area contributed by atoms with Crippen molar-refractivity contribution >= 4 is 0 Å². The second-order valence-corrected chi connectivity index (χ2v) is 4.56. The number of hydrogen-bond donors (Lipinski definition) is 0. The molecule has 0 bridgehead atoms. The average Bonchev–Trinajstić information content (AvgIpc) is 1.99. The van der Waals surface area contributed by atoms with Crippen LogP contribution in [-0.4, -0.2) is 13.2 Å². The van der Waals surface area contributed by atoms with Gasteiger partial charge >= 0.3 is 0 Å². The quantitative estimate of drug-likeness (QED) is 0.546. The minimum atomic E-state index is 0.336. The monoisotopic (exact) mass is 168 g/mol. The van der Waals surface area contributed by atoms with Crippen LogP contribution in [0.1, 0.15) is 40.5 Å². The Morgan fingerprint density at radius 2 is 1.92 bits per heavy atom. The minimum Gasteiger partial charge on any atom is -0.381 e. The average molecular weight is 168 g/mol. The van der Waals surface area contributed by atoms with Crippen molar-refractivity contribution < 1.29 is 4.74 Å². The molecule has 0 fully saturated rings. The van der Waals surface area contributed by atoms with Crippen LogP contribution in [0, 0.1) is 5.41 Å². The van der Waals surface area contributed by atoms with Gasteiger partial charge in [0.15, 0.2) is 0 Å². The molecule has 12 heavy (non-hydrogen) atoms. The molecule has 1 unspecified atom stereocenters. The molecular formula is C11H20O. The Bertz CT molecular complexity index is 201. The number of methoxy groups -OCH3 is 1. The van der Waals surface area contributed by atoms with Crippen LogP contribution >= 0.6 is 0 Å². The third-order valence-electron chi connectivity index (χ3n) is 3.26. The van der Waals surface area contributed by atoms with Crippen LogP contribution < -0.4 is 0 Å². The first kappa shape index (κ1) is 9.79. The normalized spacial score (nSPS) is 29.2. The molecule has 0 amide bonds. The van der Waals surface area contributed by atoms with Gasteiger partial charge in [-0.05, 0) is 32.1 Å². The molecule has 0 heterocycles. The van der Waals surface area contributed by atoms with Crippen molar-refractivity contribution in [2.24, 2.45) is 5.41 Å². The van der Waals surface area contributed by atoms with Crippen molar-refractivity contribution in [1.29, 1.82) is 0 Å². The molecule has 0 aromatic rings. The molecule has 70 valence electrons. The molecule has 0 aromatic carbocycles. The summed E-state index contributed by atoms with van der Waals surface area (Å²) in [6, 6.07) is 0. The van der Waals surface area contributed by atoms with Crippen molar-refractivity contribution in [3.63, 3.8) is 0 Å². The summed E-state index contributed by atoms with van der Waals surface area (Å²) in [5.41, 5.74) is 3.40. The van der Waals surface area contributed by atoms with E-state index in [1.807, 2.05) is 7.11 Å². The van der Waals surface area contributed by atoms with Crippen molar-refractivity contribution in [1.82, 2.24) is 0 Å². The Balaban J connectivity index is 2.86. The fourth-order valence-electron chi connectivity index (χ4n) is 2.03. The molecule has 0 N–H and O–H groups in total. The van der Waals surface area contributed by atoms with Crippen LogP contribution in [0.2, 0.25) is 0 Å². The van der Waals surface area contributed by atoms with Gasteiger partial charge in [0.05, 0.1) is 6.10 Å². The first-order chi connectivity index (χ1) is 5.47. The van der Waals surface area contributed by atoms with E-state index in [9.17, 15) is 0 Å². The smallest absolute Gasteiger partial charge is 0.0616 e. The second-order valence-electron chi connectivity index (χ2n) is 4.56. The summed E-state index contributed by atoms with van der Waals surface area (Å²) in [5.74, 6) is 0. The summed E-state index contributed by atoms with van der Waals surface area (Å²) in [6.07, 6.45) is 2.71. The molecule has 0 aliphatic heterocycles. The van der Waals surface area contributed by atoms with Crippen molar-refractivity contribution in [2.45, 2.75) is 46.6 Å². The number of allylic oxidation sites excluding steroid dienone is 1. The van der Waals surface area contributed by atoms with Gasteiger partial charge in [-0.1, -0.05) is 25.0 Å². The summed E-state index contributed by atoms with van der Waals surface area (Å²) >= 11 is 0. The van der Waals surface area contributed by atoms with Crippen LogP contribution in [0.25, 0.3) is 0 Å². The van der Waals surface area contributed by atoms with Gasteiger partial charge in [-0.3, -0.25) is 0 Å². The van der Waals surface area contributed by atoms with Gasteiger partial charge in [0.2, 0.25) is 0 Å². The maximum Gasteiger partial charge on any atom is 0.0616 e. The third-order valence-corrected chi connectivity index (χ3v) is 3.26. The SMILES string of the molecule is COC1CC(C)=C(C)C(C)(C)C1. The molecule has 1 rings (SSSR count). The van der Waals surface area contributed by atoms with E-state index in [-0.39, 0.29) is 0 Å². The summed E-state index contributed by atoms with van der Waals surface area (Å²) in [7, 11) is 1.81. The van der Waals surface area contributed by atoms with E-state index in [2.05, 4.69) is 27.7 Å². The molecular weight excluding hydrogens is 148 g/mol. The predicted octanol–water partition coefficient (Wildman–Crippen LogP) is 3.16. The molecule has 1 aliphatic rings. The van der Waals surface area contributed by atoms with Gasteiger partial charge in [-0.25, -0.2) is 0 Å². The van der Waals surface area contributed by atoms with E-state index >= 15 is 0 Å². The number of rotatable bonds is 1. The number of hydrogen-bond acceptors (Lipinski definition) is 1. The summed E-state index contributed by atoms with van der Waals surface area (Å²) in [5, 5.41) is 0. The minimum absolute atomic E-state index is 0.336. The lowest BCUT2D eigenvalue weighted by molar-refractivity contribution is 0.0615. The van der Waals surface area contributed by atoms with Gasteiger partial charge in [-0.2, -0.15) is 0 Å². The van der Waals surface area contributed by atoms with Crippen molar-refractivity contribution in [3.05, 3.63) is 11.1 Å². The largest absolute Gasteiger partial charge is 0.381 e. The van der Waals surface area contributed by atoms with E-state index in [4.69, 9.17) is 4.74 Å². The highest BCUT2D eigenvalue weighted by atomic mass is 16.5. The van der Waals surface area contributed by atoms with E-state index < -0.39 is 0 Å². The van der Waals surface area contributed by atoms with E-state index in [0.717, 1.165) is 12.8 Å². The highest BCUT2D eigenvalue weighted by Gasteiger charge is 2.30. The van der Waals surface area contributed by atoms with E-state index in [1.165, 1.54) is 5.57 Å². The first-order valence-electron chi connectivity index (χ1n) is 4.67. The Morgan fingerprint density at radius 1 is 1.33 bits per heavy atom. The summed E-state index contributed by atoms with van der Waals surface area (Å²) < 4.78 is 5.41. The molecule has 1 atom stereocenters. The highest BCUT2D eigenvalue weighted by Crippen LogP contribution is 2.40. The predicted molar refractivity (Wildman–Crippen MR) is 52.2 cm³/mol. The summed E-state index contributed by atoms with van der Waals surface area (Å²) in [6.45, 7) is 9.08. The van der Waals surface area contributed by atoms with Crippen LogP contribution in [-0.2, 0) is 4.74 Å². The lowest BCUT2D eigenvalue weighted by Crippen LogP contribution is -2.29. The van der Waals surface area contributed by atoms with E-state index in [0.29, 0.717) is 11.5 Å². The molecule has 1 nitrogen and oxygen atoms in total. The van der Waals surface area contributed by atoms with Crippen LogP contribution in [0.15, 0.2) is 11.1 Å². The molecule has 0 saturated carbocycles. The van der Waals surface area contributed by atoms with Crippen LogP contribution in [0.4, 0.5) is 0 Å². The Hall–Kier alpha value is -0.300. The summed E-state index contributed by atoms with van der Waals surface area (Å²) in [4.78, 5) is 0. The van der Waals surface area contributed by atoms with Gasteiger partial charge in [0.1, 0.15) is 0 Å². The molecule has 0 spiro atoms. The fraction of sp³-hybridized carbons (Fsp3) is 0.818. The van der Waals surface area contributed by atoms with Crippen LogP contribution in [0.5, 0.6) is 0 Å². The zero-order valence-corrected chi connectivity index (χ0v) is 8.90. The molecule has 0 saturated heterocycles. The maximum absolute atomic E-state index is 5.41.